The molecule has 1 aliphatic rings. The molecule has 2 rings (SSSR count). The molecule has 1 atom stereocenters. The molecule has 1 unspecified atom stereocenters. The van der Waals surface area contributed by atoms with E-state index in [0.717, 1.165) is 6.42 Å². The van der Waals surface area contributed by atoms with Crippen molar-refractivity contribution in [3.63, 3.8) is 0 Å². The van der Waals surface area contributed by atoms with E-state index in [9.17, 15) is 4.79 Å². The average molecular weight is 303 g/mol. The molecule has 0 saturated carbocycles. The molecule has 1 aromatic heterocycles. The van der Waals surface area contributed by atoms with Crippen molar-refractivity contribution in [1.29, 1.82) is 0 Å². The zero-order valence-corrected chi connectivity index (χ0v) is 12.3. The van der Waals surface area contributed by atoms with Gasteiger partial charge in [-0.05, 0) is 12.5 Å². The summed E-state index contributed by atoms with van der Waals surface area (Å²) in [7, 11) is 3.55. The fraction of sp³-hybridized carbons (Fsp3) is 0.500. The summed E-state index contributed by atoms with van der Waals surface area (Å²) >= 11 is 12.1. The minimum absolute atomic E-state index is 0.151. The molecule has 1 saturated heterocycles. The van der Waals surface area contributed by atoms with E-state index in [4.69, 9.17) is 23.2 Å². The highest BCUT2D eigenvalue weighted by Crippen LogP contribution is 2.30. The maximum Gasteiger partial charge on any atom is 0.222 e. The van der Waals surface area contributed by atoms with Crippen LogP contribution in [-0.2, 0) is 4.79 Å². The first-order chi connectivity index (χ1) is 9.01. The van der Waals surface area contributed by atoms with Gasteiger partial charge in [-0.15, -0.1) is 0 Å². The zero-order valence-electron chi connectivity index (χ0n) is 10.8. The van der Waals surface area contributed by atoms with Gasteiger partial charge < -0.3 is 15.5 Å². The SMILES string of the molecule is CNc1nc(NC2CCC(=O)N(C)C2)c(Cl)cc1Cl. The lowest BCUT2D eigenvalue weighted by atomic mass is 10.1. The van der Waals surface area contributed by atoms with Crippen LogP contribution in [0.2, 0.25) is 10.0 Å². The van der Waals surface area contributed by atoms with Crippen molar-refractivity contribution in [3.05, 3.63) is 16.1 Å². The summed E-state index contributed by atoms with van der Waals surface area (Å²) in [5.41, 5.74) is 0. The summed E-state index contributed by atoms with van der Waals surface area (Å²) < 4.78 is 0. The summed E-state index contributed by atoms with van der Waals surface area (Å²) in [5.74, 6) is 1.33. The van der Waals surface area contributed by atoms with Gasteiger partial charge in [0.25, 0.3) is 0 Å². The molecule has 1 amide bonds. The molecule has 5 nitrogen and oxygen atoms in total. The lowest BCUT2D eigenvalue weighted by molar-refractivity contribution is -0.132. The van der Waals surface area contributed by atoms with Gasteiger partial charge in [-0.2, -0.15) is 0 Å². The number of amides is 1. The van der Waals surface area contributed by atoms with Crippen LogP contribution in [0.5, 0.6) is 0 Å². The molecule has 19 heavy (non-hydrogen) atoms. The van der Waals surface area contributed by atoms with Crippen LogP contribution in [0.3, 0.4) is 0 Å². The van der Waals surface area contributed by atoms with E-state index < -0.39 is 0 Å². The van der Waals surface area contributed by atoms with Gasteiger partial charge in [-0.3, -0.25) is 4.79 Å². The topological polar surface area (TPSA) is 57.3 Å². The van der Waals surface area contributed by atoms with Crippen LogP contribution in [0, 0.1) is 0 Å². The quantitative estimate of drug-likeness (QED) is 0.900. The standard InChI is InChI=1S/C12H16Cl2N4O/c1-15-11-8(13)5-9(14)12(17-11)16-7-3-4-10(19)18(2)6-7/h5,7H,3-4,6H2,1-2H3,(H2,15,16,17). The highest BCUT2D eigenvalue weighted by molar-refractivity contribution is 6.37. The Bertz CT molecular complexity index is 495. The largest absolute Gasteiger partial charge is 0.372 e. The van der Waals surface area contributed by atoms with Crippen molar-refractivity contribution in [1.82, 2.24) is 9.88 Å². The van der Waals surface area contributed by atoms with Gasteiger partial charge in [-0.1, -0.05) is 23.2 Å². The minimum Gasteiger partial charge on any atom is -0.372 e. The number of aromatic nitrogens is 1. The summed E-state index contributed by atoms with van der Waals surface area (Å²) in [5, 5.41) is 7.13. The first-order valence-corrected chi connectivity index (χ1v) is 6.81. The van der Waals surface area contributed by atoms with Gasteiger partial charge in [0.15, 0.2) is 0 Å². The van der Waals surface area contributed by atoms with E-state index in [1.54, 1.807) is 25.1 Å². The lowest BCUT2D eigenvalue weighted by Gasteiger charge is -2.30. The summed E-state index contributed by atoms with van der Waals surface area (Å²) in [6, 6.07) is 1.81. The number of rotatable bonds is 3. The number of hydrogen-bond donors (Lipinski definition) is 2. The Morgan fingerprint density at radius 3 is 2.68 bits per heavy atom. The van der Waals surface area contributed by atoms with Gasteiger partial charge in [0.2, 0.25) is 5.91 Å². The number of nitrogens with one attached hydrogen (secondary N) is 2. The molecule has 104 valence electrons. The molecule has 0 radical (unpaired) electrons. The van der Waals surface area contributed by atoms with E-state index in [1.165, 1.54) is 0 Å². The Labute approximate surface area is 122 Å². The van der Waals surface area contributed by atoms with Crippen LogP contribution in [0.25, 0.3) is 0 Å². The van der Waals surface area contributed by atoms with Crippen LogP contribution in [0.15, 0.2) is 6.07 Å². The van der Waals surface area contributed by atoms with E-state index in [2.05, 4.69) is 15.6 Å². The first kappa shape index (κ1) is 14.2. The molecule has 0 bridgehead atoms. The third-order valence-corrected chi connectivity index (χ3v) is 3.71. The first-order valence-electron chi connectivity index (χ1n) is 6.05. The van der Waals surface area contributed by atoms with Crippen LogP contribution < -0.4 is 10.6 Å². The molecule has 2 N–H and O–H groups in total. The zero-order chi connectivity index (χ0) is 14.0. The summed E-state index contributed by atoms with van der Waals surface area (Å²) in [6.07, 6.45) is 1.32. The van der Waals surface area contributed by atoms with Gasteiger partial charge >= 0.3 is 0 Å². The molecule has 1 aromatic rings. The third kappa shape index (κ3) is 3.22. The summed E-state index contributed by atoms with van der Waals surface area (Å²) in [4.78, 5) is 17.5. The number of likely N-dealkylation sites (N-methyl/N-ethyl adjacent to an activating group) is 1. The van der Waals surface area contributed by atoms with Crippen molar-refractivity contribution in [2.45, 2.75) is 18.9 Å². The predicted molar refractivity (Wildman–Crippen MR) is 78.1 cm³/mol. The van der Waals surface area contributed by atoms with Gasteiger partial charge in [0.05, 0.1) is 10.0 Å². The molecule has 0 spiro atoms. The molecule has 1 aliphatic heterocycles. The smallest absolute Gasteiger partial charge is 0.222 e. The fourth-order valence-electron chi connectivity index (χ4n) is 2.07. The van der Waals surface area contributed by atoms with Gasteiger partial charge in [0.1, 0.15) is 11.6 Å². The lowest BCUT2D eigenvalue weighted by Crippen LogP contribution is -2.43. The van der Waals surface area contributed by atoms with E-state index in [1.807, 2.05) is 0 Å². The van der Waals surface area contributed by atoms with Crippen LogP contribution in [0.1, 0.15) is 12.8 Å². The second kappa shape index (κ2) is 5.84. The number of anilines is 2. The normalized spacial score (nSPS) is 19.5. The third-order valence-electron chi connectivity index (χ3n) is 3.13. The van der Waals surface area contributed by atoms with Gasteiger partial charge in [-0.25, -0.2) is 4.98 Å². The molecule has 2 heterocycles. The number of halogens is 2. The molecule has 0 aliphatic carbocycles. The van der Waals surface area contributed by atoms with E-state index >= 15 is 0 Å². The molecular formula is C12H16Cl2N4O. The van der Waals surface area contributed by atoms with Crippen molar-refractivity contribution >= 4 is 40.7 Å². The second-order valence-electron chi connectivity index (χ2n) is 4.55. The number of pyridine rings is 1. The Morgan fingerprint density at radius 2 is 2.05 bits per heavy atom. The number of carbonyl (C=O) groups excluding carboxylic acids is 1. The molecule has 0 aromatic carbocycles. The molecule has 1 fully saturated rings. The molecular weight excluding hydrogens is 287 g/mol. The van der Waals surface area contributed by atoms with Crippen LogP contribution in [0.4, 0.5) is 11.6 Å². The fourth-order valence-corrected chi connectivity index (χ4v) is 2.57. The number of piperidine rings is 1. The van der Waals surface area contributed by atoms with Gasteiger partial charge in [0, 0.05) is 33.1 Å². The maximum absolute atomic E-state index is 11.4. The highest BCUT2D eigenvalue weighted by atomic mass is 35.5. The Morgan fingerprint density at radius 1 is 1.37 bits per heavy atom. The number of hydrogen-bond acceptors (Lipinski definition) is 4. The Hall–Kier alpha value is -1.20. The Balaban J connectivity index is 2.13. The summed E-state index contributed by atoms with van der Waals surface area (Å²) in [6.45, 7) is 0.647. The monoisotopic (exact) mass is 302 g/mol. The highest BCUT2D eigenvalue weighted by Gasteiger charge is 2.23. The number of carbonyl (C=O) groups is 1. The number of likely N-dealkylation sites (tertiary alicyclic amines) is 1. The van der Waals surface area contributed by atoms with Crippen molar-refractivity contribution < 1.29 is 4.79 Å². The van der Waals surface area contributed by atoms with Crippen molar-refractivity contribution in [3.8, 4) is 0 Å². The van der Waals surface area contributed by atoms with E-state index in [-0.39, 0.29) is 11.9 Å². The number of nitrogens with zero attached hydrogens (tertiary/aromatic N) is 2. The average Bonchev–Trinajstić information content (AvgIpc) is 2.37. The second-order valence-corrected chi connectivity index (χ2v) is 5.37. The minimum atomic E-state index is 0.151. The van der Waals surface area contributed by atoms with Crippen LogP contribution in [-0.4, -0.2) is 42.5 Å². The Kier molecular flexibility index (Phi) is 4.37. The molecule has 7 heteroatoms. The van der Waals surface area contributed by atoms with Crippen LogP contribution >= 0.6 is 23.2 Å². The predicted octanol–water partition coefficient (Wildman–Crippen LogP) is 2.46. The van der Waals surface area contributed by atoms with Crippen molar-refractivity contribution in [2.75, 3.05) is 31.3 Å². The maximum atomic E-state index is 11.4. The van der Waals surface area contributed by atoms with E-state index in [0.29, 0.717) is 34.6 Å². The van der Waals surface area contributed by atoms with Crippen molar-refractivity contribution in [2.24, 2.45) is 0 Å².